The minimum Gasteiger partial charge on any atom is -0.480 e. The first-order valence-corrected chi connectivity index (χ1v) is 8.30. The summed E-state index contributed by atoms with van der Waals surface area (Å²) in [5.74, 6) is -0.116. The van der Waals surface area contributed by atoms with Gasteiger partial charge in [0.05, 0.1) is 14.2 Å². The van der Waals surface area contributed by atoms with Crippen LogP contribution in [0.5, 0.6) is 5.88 Å². The lowest BCUT2D eigenvalue weighted by molar-refractivity contribution is 0.0512. The van der Waals surface area contributed by atoms with Crippen LogP contribution in [-0.4, -0.2) is 80.1 Å². The van der Waals surface area contributed by atoms with Crippen LogP contribution < -0.4 is 4.74 Å². The maximum atomic E-state index is 12.9. The average Bonchev–Trinajstić information content (AvgIpc) is 3.12. The van der Waals surface area contributed by atoms with Gasteiger partial charge in [-0.2, -0.15) is 4.80 Å². The zero-order valence-corrected chi connectivity index (χ0v) is 15.0. The number of aromatic nitrogens is 5. The third kappa shape index (κ3) is 3.48. The second-order valence-electron chi connectivity index (χ2n) is 6.13. The van der Waals surface area contributed by atoms with Gasteiger partial charge >= 0.3 is 0 Å². The smallest absolute Gasteiger partial charge is 0.295 e. The number of amides is 2. The Morgan fingerprint density at radius 1 is 1.38 bits per heavy atom. The minimum atomic E-state index is -0.309. The molecule has 1 fully saturated rings. The number of piperidine rings is 1. The van der Waals surface area contributed by atoms with E-state index in [4.69, 9.17) is 4.74 Å². The van der Waals surface area contributed by atoms with E-state index in [1.807, 2.05) is 0 Å². The van der Waals surface area contributed by atoms with Crippen LogP contribution in [0.3, 0.4) is 0 Å². The molecule has 2 amide bonds. The van der Waals surface area contributed by atoms with Crippen LogP contribution in [0.15, 0.2) is 18.3 Å². The average molecular weight is 359 g/mol. The molecule has 0 radical (unpaired) electrons. The molecule has 0 saturated carbocycles. The molecule has 1 aliphatic rings. The summed E-state index contributed by atoms with van der Waals surface area (Å²) in [4.78, 5) is 34.0. The van der Waals surface area contributed by atoms with Crippen molar-refractivity contribution >= 4 is 11.8 Å². The minimum absolute atomic E-state index is 0.0485. The molecule has 0 aliphatic carbocycles. The fourth-order valence-corrected chi connectivity index (χ4v) is 3.04. The largest absolute Gasteiger partial charge is 0.480 e. The van der Waals surface area contributed by atoms with Crippen LogP contribution in [0.1, 0.15) is 33.8 Å². The molecule has 1 saturated heterocycles. The molecule has 0 bridgehead atoms. The van der Waals surface area contributed by atoms with Crippen molar-refractivity contribution in [2.75, 3.05) is 27.2 Å². The van der Waals surface area contributed by atoms with E-state index in [1.165, 1.54) is 11.9 Å². The normalized spacial score (nSPS) is 17.0. The first kappa shape index (κ1) is 17.8. The Morgan fingerprint density at radius 3 is 2.88 bits per heavy atom. The van der Waals surface area contributed by atoms with Crippen LogP contribution in [-0.2, 0) is 7.05 Å². The third-order valence-electron chi connectivity index (χ3n) is 4.45. The number of nitrogens with zero attached hydrogens (tertiary/aromatic N) is 7. The predicted octanol–water partition coefficient (Wildman–Crippen LogP) is -0.00950. The zero-order valence-electron chi connectivity index (χ0n) is 15.0. The summed E-state index contributed by atoms with van der Waals surface area (Å²) < 4.78 is 5.18. The zero-order chi connectivity index (χ0) is 18.7. The third-order valence-corrected chi connectivity index (χ3v) is 4.45. The lowest BCUT2D eigenvalue weighted by atomic mass is 10.0. The van der Waals surface area contributed by atoms with Crippen molar-refractivity contribution in [3.63, 3.8) is 0 Å². The number of tetrazole rings is 1. The molecule has 0 N–H and O–H groups in total. The number of hydrogen-bond acceptors (Lipinski definition) is 7. The number of likely N-dealkylation sites (tertiary alicyclic amines) is 1. The molecule has 2 aromatic rings. The van der Waals surface area contributed by atoms with E-state index in [0.717, 1.165) is 12.8 Å². The molecule has 0 spiro atoms. The van der Waals surface area contributed by atoms with E-state index in [0.29, 0.717) is 24.5 Å². The fourth-order valence-electron chi connectivity index (χ4n) is 3.04. The highest BCUT2D eigenvalue weighted by atomic mass is 16.5. The number of hydrogen-bond donors (Lipinski definition) is 0. The Morgan fingerprint density at radius 2 is 2.19 bits per heavy atom. The SMILES string of the molecule is COc1ncccc1C(=O)N1CCC[C@H](N(C)C(=O)c2nnn(C)n2)C1. The van der Waals surface area contributed by atoms with Crippen LogP contribution in [0.25, 0.3) is 0 Å². The molecule has 0 unspecified atom stereocenters. The number of pyridine rings is 1. The van der Waals surface area contributed by atoms with E-state index in [9.17, 15) is 9.59 Å². The number of likely N-dealkylation sites (N-methyl/N-ethyl adjacent to an activating group) is 1. The molecule has 1 aliphatic heterocycles. The van der Waals surface area contributed by atoms with Gasteiger partial charge in [-0.3, -0.25) is 9.59 Å². The Hall–Kier alpha value is -3.04. The van der Waals surface area contributed by atoms with Gasteiger partial charge < -0.3 is 14.5 Å². The number of ether oxygens (including phenoxy) is 1. The highest BCUT2D eigenvalue weighted by Gasteiger charge is 2.31. The maximum absolute atomic E-state index is 12.9. The molecule has 2 aromatic heterocycles. The topological polar surface area (TPSA) is 106 Å². The van der Waals surface area contributed by atoms with Crippen LogP contribution in [0, 0.1) is 0 Å². The van der Waals surface area contributed by atoms with Gasteiger partial charge in [0, 0.05) is 32.4 Å². The number of methoxy groups -OCH3 is 1. The second-order valence-corrected chi connectivity index (χ2v) is 6.13. The number of rotatable bonds is 4. The summed E-state index contributed by atoms with van der Waals surface area (Å²) in [6.07, 6.45) is 3.18. The maximum Gasteiger partial charge on any atom is 0.295 e. The Balaban J connectivity index is 1.72. The first-order valence-electron chi connectivity index (χ1n) is 8.30. The lowest BCUT2D eigenvalue weighted by Gasteiger charge is -2.37. The number of carbonyl (C=O) groups excluding carboxylic acids is 2. The van der Waals surface area contributed by atoms with Gasteiger partial charge in [-0.1, -0.05) is 0 Å². The molecule has 10 heteroatoms. The predicted molar refractivity (Wildman–Crippen MR) is 90.6 cm³/mol. The summed E-state index contributed by atoms with van der Waals surface area (Å²) in [6.45, 7) is 1.05. The van der Waals surface area contributed by atoms with Gasteiger partial charge in [-0.25, -0.2) is 4.98 Å². The summed E-state index contributed by atoms with van der Waals surface area (Å²) in [5, 5.41) is 11.4. The Bertz CT molecular complexity index is 807. The van der Waals surface area contributed by atoms with Crippen molar-refractivity contribution < 1.29 is 14.3 Å². The van der Waals surface area contributed by atoms with E-state index >= 15 is 0 Å². The van der Waals surface area contributed by atoms with Gasteiger partial charge in [-0.05, 0) is 30.2 Å². The van der Waals surface area contributed by atoms with E-state index in [1.54, 1.807) is 42.2 Å². The molecule has 138 valence electrons. The molecule has 1 atom stereocenters. The van der Waals surface area contributed by atoms with Crippen molar-refractivity contribution in [3.8, 4) is 5.88 Å². The monoisotopic (exact) mass is 359 g/mol. The standard InChI is InChI=1S/C16H21N7O3/c1-21(16(25)13-18-20-22(2)19-13)11-6-5-9-23(10-11)15(24)12-7-4-8-17-14(12)26-3/h4,7-8,11H,5-6,9-10H2,1-3H3/t11-/m0/s1. The van der Waals surface area contributed by atoms with Crippen LogP contribution >= 0.6 is 0 Å². The number of aryl methyl sites for hydroxylation is 1. The van der Waals surface area contributed by atoms with Crippen LogP contribution in [0.4, 0.5) is 0 Å². The van der Waals surface area contributed by atoms with Gasteiger partial charge in [-0.15, -0.1) is 10.2 Å². The molecule has 10 nitrogen and oxygen atoms in total. The summed E-state index contributed by atoms with van der Waals surface area (Å²) >= 11 is 0. The molecular weight excluding hydrogens is 338 g/mol. The van der Waals surface area contributed by atoms with Crippen molar-refractivity contribution in [3.05, 3.63) is 29.7 Å². The van der Waals surface area contributed by atoms with Gasteiger partial charge in [0.2, 0.25) is 5.88 Å². The highest BCUT2D eigenvalue weighted by Crippen LogP contribution is 2.21. The van der Waals surface area contributed by atoms with Crippen molar-refractivity contribution in [2.45, 2.75) is 18.9 Å². The van der Waals surface area contributed by atoms with E-state index in [-0.39, 0.29) is 23.7 Å². The van der Waals surface area contributed by atoms with E-state index in [2.05, 4.69) is 20.4 Å². The van der Waals surface area contributed by atoms with Crippen molar-refractivity contribution in [2.24, 2.45) is 7.05 Å². The fraction of sp³-hybridized carbons (Fsp3) is 0.500. The molecule has 3 rings (SSSR count). The molecule has 26 heavy (non-hydrogen) atoms. The van der Waals surface area contributed by atoms with Gasteiger partial charge in [0.15, 0.2) is 0 Å². The molecule has 3 heterocycles. The van der Waals surface area contributed by atoms with Crippen molar-refractivity contribution in [1.29, 1.82) is 0 Å². The molecule has 0 aromatic carbocycles. The number of carbonyl (C=O) groups is 2. The Kier molecular flexibility index (Phi) is 5.10. The first-order chi connectivity index (χ1) is 12.5. The van der Waals surface area contributed by atoms with Crippen LogP contribution in [0.2, 0.25) is 0 Å². The molecular formula is C16H21N7O3. The Labute approximate surface area is 150 Å². The van der Waals surface area contributed by atoms with Crippen molar-refractivity contribution in [1.82, 2.24) is 35.0 Å². The van der Waals surface area contributed by atoms with Gasteiger partial charge in [0.25, 0.3) is 17.6 Å². The quantitative estimate of drug-likeness (QED) is 0.756. The second kappa shape index (κ2) is 7.46. The van der Waals surface area contributed by atoms with E-state index < -0.39 is 0 Å². The van der Waals surface area contributed by atoms with Gasteiger partial charge in [0.1, 0.15) is 5.56 Å². The lowest BCUT2D eigenvalue weighted by Crippen LogP contribution is -2.50. The summed E-state index contributed by atoms with van der Waals surface area (Å²) in [7, 11) is 4.78. The summed E-state index contributed by atoms with van der Waals surface area (Å²) in [6, 6.07) is 3.27. The highest BCUT2D eigenvalue weighted by molar-refractivity contribution is 5.96. The summed E-state index contributed by atoms with van der Waals surface area (Å²) in [5.41, 5.74) is 0.417.